The van der Waals surface area contributed by atoms with Gasteiger partial charge in [0, 0.05) is 68.4 Å². The average molecular weight is 501 g/mol. The van der Waals surface area contributed by atoms with Gasteiger partial charge < -0.3 is 25.0 Å². The summed E-state index contributed by atoms with van der Waals surface area (Å²) in [5.74, 6) is -0.624. The molecule has 1 aromatic heterocycles. The summed E-state index contributed by atoms with van der Waals surface area (Å²) in [6, 6.07) is 8.82. The number of carbonyl (C=O) groups excluding carboxylic acids is 1. The highest BCUT2D eigenvalue weighted by molar-refractivity contribution is 6.30. The van der Waals surface area contributed by atoms with Gasteiger partial charge in [-0.05, 0) is 43.4 Å². The molecule has 1 amide bonds. The summed E-state index contributed by atoms with van der Waals surface area (Å²) in [4.78, 5) is 21.7. The number of hydrogen-bond donors (Lipinski definition) is 2. The molecule has 2 aliphatic heterocycles. The van der Waals surface area contributed by atoms with Crippen LogP contribution in [0.2, 0.25) is 5.02 Å². The lowest BCUT2D eigenvalue weighted by Gasteiger charge is -2.32. The number of carbonyl (C=O) groups is 1. The Kier molecular flexibility index (Phi) is 6.73. The zero-order chi connectivity index (χ0) is 24.5. The van der Waals surface area contributed by atoms with Gasteiger partial charge >= 0.3 is 0 Å². The largest absolute Gasteiger partial charge is 0.354 e. The van der Waals surface area contributed by atoms with Crippen LogP contribution in [0.5, 0.6) is 0 Å². The molecule has 10 heteroatoms. The minimum atomic E-state index is -0.531. The van der Waals surface area contributed by atoms with Crippen molar-refractivity contribution in [3.63, 3.8) is 0 Å². The molecule has 0 aliphatic carbocycles. The molecule has 7 nitrogen and oxygen atoms in total. The summed E-state index contributed by atoms with van der Waals surface area (Å²) < 4.78 is 31.4. The number of likely N-dealkylation sites (N-methyl/N-ethyl adjacent to an activating group) is 1. The number of benzene rings is 2. The van der Waals surface area contributed by atoms with Crippen LogP contribution >= 0.6 is 11.6 Å². The highest BCUT2D eigenvalue weighted by Crippen LogP contribution is 2.39. The van der Waals surface area contributed by atoms with Crippen LogP contribution in [0.1, 0.15) is 6.42 Å². The lowest BCUT2D eigenvalue weighted by Crippen LogP contribution is -2.45. The Morgan fingerprint density at radius 1 is 1.09 bits per heavy atom. The Morgan fingerprint density at radius 2 is 1.86 bits per heavy atom. The molecule has 184 valence electrons. The highest BCUT2D eigenvalue weighted by Gasteiger charge is 2.25. The Balaban J connectivity index is 1.41. The monoisotopic (exact) mass is 500 g/mol. The van der Waals surface area contributed by atoms with Crippen LogP contribution < -0.4 is 10.6 Å². The summed E-state index contributed by atoms with van der Waals surface area (Å²) in [5.41, 5.74) is 2.02. The van der Waals surface area contributed by atoms with Gasteiger partial charge in [-0.25, -0.2) is 13.8 Å². The van der Waals surface area contributed by atoms with Crippen LogP contribution in [0.3, 0.4) is 0 Å². The predicted molar refractivity (Wildman–Crippen MR) is 134 cm³/mol. The maximum absolute atomic E-state index is 14.7. The van der Waals surface area contributed by atoms with Crippen LogP contribution in [-0.2, 0) is 11.3 Å². The molecular formula is C25H27ClF2N6O. The van der Waals surface area contributed by atoms with E-state index in [1.54, 1.807) is 12.1 Å². The highest BCUT2D eigenvalue weighted by atomic mass is 35.5. The number of rotatable bonds is 6. The third-order valence-corrected chi connectivity index (χ3v) is 6.77. The molecule has 3 heterocycles. The van der Waals surface area contributed by atoms with Crippen molar-refractivity contribution in [1.29, 1.82) is 0 Å². The van der Waals surface area contributed by atoms with E-state index in [0.29, 0.717) is 47.6 Å². The van der Waals surface area contributed by atoms with Crippen molar-refractivity contribution in [2.45, 2.75) is 13.0 Å². The molecule has 1 fully saturated rings. The fourth-order valence-electron chi connectivity index (χ4n) is 4.56. The van der Waals surface area contributed by atoms with E-state index < -0.39 is 11.6 Å². The number of halogens is 3. The van der Waals surface area contributed by atoms with Crippen LogP contribution in [0.4, 0.5) is 20.4 Å². The van der Waals surface area contributed by atoms with Gasteiger partial charge in [0.1, 0.15) is 17.3 Å². The zero-order valence-electron chi connectivity index (χ0n) is 19.5. The molecule has 2 aromatic carbocycles. The zero-order valence-corrected chi connectivity index (χ0v) is 20.2. The second kappa shape index (κ2) is 9.93. The van der Waals surface area contributed by atoms with Crippen molar-refractivity contribution < 1.29 is 13.6 Å². The van der Waals surface area contributed by atoms with Gasteiger partial charge in [-0.3, -0.25) is 4.79 Å². The Hall–Kier alpha value is -3.01. The fourth-order valence-corrected chi connectivity index (χ4v) is 4.73. The Morgan fingerprint density at radius 3 is 2.66 bits per heavy atom. The van der Waals surface area contributed by atoms with Crippen molar-refractivity contribution >= 4 is 29.1 Å². The van der Waals surface area contributed by atoms with E-state index in [1.165, 1.54) is 24.3 Å². The molecule has 0 atom stereocenters. The minimum absolute atomic E-state index is 0.0879. The third kappa shape index (κ3) is 5.03. The molecule has 0 saturated carbocycles. The van der Waals surface area contributed by atoms with E-state index in [-0.39, 0.29) is 23.6 Å². The summed E-state index contributed by atoms with van der Waals surface area (Å²) in [7, 11) is 2.08. The number of imidazole rings is 1. The smallest absolute Gasteiger partial charge is 0.225 e. The number of fused-ring (bicyclic) bond motifs is 1. The minimum Gasteiger partial charge on any atom is -0.354 e. The number of hydrogen-bond acceptors (Lipinski definition) is 5. The molecule has 2 aliphatic rings. The molecule has 0 bridgehead atoms. The quantitative estimate of drug-likeness (QED) is 0.532. The van der Waals surface area contributed by atoms with Crippen LogP contribution in [-0.4, -0.2) is 71.6 Å². The normalized spacial score (nSPS) is 16.2. The van der Waals surface area contributed by atoms with Crippen LogP contribution in [0.15, 0.2) is 36.4 Å². The van der Waals surface area contributed by atoms with Gasteiger partial charge in [-0.1, -0.05) is 11.6 Å². The summed E-state index contributed by atoms with van der Waals surface area (Å²) >= 11 is 6.14. The number of nitrogens with zero attached hydrogens (tertiary/aromatic N) is 4. The lowest BCUT2D eigenvalue weighted by atomic mass is 10.0. The van der Waals surface area contributed by atoms with Gasteiger partial charge in [0.15, 0.2) is 0 Å². The first-order valence-electron chi connectivity index (χ1n) is 11.7. The van der Waals surface area contributed by atoms with E-state index in [9.17, 15) is 13.6 Å². The maximum Gasteiger partial charge on any atom is 0.225 e. The van der Waals surface area contributed by atoms with Gasteiger partial charge in [0.25, 0.3) is 0 Å². The van der Waals surface area contributed by atoms with Crippen LogP contribution in [0, 0.1) is 11.6 Å². The molecule has 2 N–H and O–H groups in total. The van der Waals surface area contributed by atoms with Crippen LogP contribution in [0.25, 0.3) is 22.5 Å². The van der Waals surface area contributed by atoms with E-state index in [1.807, 2.05) is 4.57 Å². The van der Waals surface area contributed by atoms with E-state index >= 15 is 0 Å². The Bertz CT molecular complexity index is 1250. The summed E-state index contributed by atoms with van der Waals surface area (Å²) in [6.45, 7) is 5.71. The van der Waals surface area contributed by atoms with E-state index in [0.717, 1.165) is 26.2 Å². The molecule has 3 aromatic rings. The molecule has 1 saturated heterocycles. The number of amides is 1. The molecule has 0 unspecified atom stereocenters. The number of piperazine rings is 1. The first-order chi connectivity index (χ1) is 16.9. The number of aromatic nitrogens is 2. The topological polar surface area (TPSA) is 65.4 Å². The summed E-state index contributed by atoms with van der Waals surface area (Å²) in [6.07, 6.45) is 0.276. The molecule has 5 rings (SSSR count). The van der Waals surface area contributed by atoms with Crippen molar-refractivity contribution in [3.8, 4) is 22.5 Å². The standard InChI is InChI=1S/C25H27ClF2N6O/c1-32-10-12-33(13-11-32)8-6-22(35)30-21-14-16(2-4-20(21)28)24-23(31-25-29-7-9-34(24)25)18-15-17(26)3-5-19(18)27/h2-5,14-15H,6-13H2,1H3,(H,29,31)(H,30,35). The van der Waals surface area contributed by atoms with Crippen molar-refractivity contribution in [2.24, 2.45) is 0 Å². The molecule has 35 heavy (non-hydrogen) atoms. The SMILES string of the molecule is CN1CCN(CCC(=O)Nc2cc(-c3c(-c4cc(Cl)ccc4F)nc4n3CCN4)ccc2F)CC1. The lowest BCUT2D eigenvalue weighted by molar-refractivity contribution is -0.116. The molecular weight excluding hydrogens is 474 g/mol. The second-order valence-electron chi connectivity index (χ2n) is 8.97. The second-order valence-corrected chi connectivity index (χ2v) is 9.41. The maximum atomic E-state index is 14.7. The molecule has 0 radical (unpaired) electrons. The number of nitrogens with one attached hydrogen (secondary N) is 2. The van der Waals surface area contributed by atoms with E-state index in [2.05, 4.69) is 32.5 Å². The predicted octanol–water partition coefficient (Wildman–Crippen LogP) is 4.15. The van der Waals surface area contributed by atoms with Crippen molar-refractivity contribution in [1.82, 2.24) is 19.4 Å². The fraction of sp³-hybridized carbons (Fsp3) is 0.360. The summed E-state index contributed by atoms with van der Waals surface area (Å²) in [5, 5.41) is 6.29. The van der Waals surface area contributed by atoms with Crippen molar-refractivity contribution in [2.75, 3.05) is 56.9 Å². The first-order valence-corrected chi connectivity index (χ1v) is 12.1. The molecule has 0 spiro atoms. The first kappa shape index (κ1) is 23.7. The van der Waals surface area contributed by atoms with Crippen molar-refractivity contribution in [3.05, 3.63) is 53.1 Å². The van der Waals surface area contributed by atoms with Gasteiger partial charge in [-0.2, -0.15) is 0 Å². The Labute approximate surface area is 207 Å². The van der Waals surface area contributed by atoms with Gasteiger partial charge in [-0.15, -0.1) is 0 Å². The van der Waals surface area contributed by atoms with Gasteiger partial charge in [0.05, 0.1) is 11.4 Å². The third-order valence-electron chi connectivity index (χ3n) is 6.53. The average Bonchev–Trinajstić information content (AvgIpc) is 3.43. The number of anilines is 2. The van der Waals surface area contributed by atoms with Gasteiger partial charge in [0.2, 0.25) is 11.9 Å². The van der Waals surface area contributed by atoms with E-state index in [4.69, 9.17) is 11.6 Å².